The van der Waals surface area contributed by atoms with Crippen molar-refractivity contribution in [1.29, 1.82) is 0 Å². The Bertz CT molecular complexity index is 1240. The molecule has 0 radical (unpaired) electrons. The summed E-state index contributed by atoms with van der Waals surface area (Å²) in [4.78, 5) is 26.6. The summed E-state index contributed by atoms with van der Waals surface area (Å²) >= 11 is 0. The number of aromatic nitrogens is 2. The monoisotopic (exact) mass is 471 g/mol. The SMILES string of the molecule is C=CC(=O)N1CCC[C@@H]([C@@H]2CCNc3c2nn(-c2ccc(Oc4ccccc4)cc2)c3C(N)=O)C1. The maximum absolute atomic E-state index is 12.5. The Balaban J connectivity index is 1.45. The van der Waals surface area contributed by atoms with Crippen LogP contribution in [0, 0.1) is 5.92 Å². The minimum absolute atomic E-state index is 0.0370. The van der Waals surface area contributed by atoms with E-state index in [2.05, 4.69) is 11.9 Å². The number of carbonyl (C=O) groups excluding carboxylic acids is 2. The number of amides is 2. The Kier molecular flexibility index (Phi) is 6.27. The van der Waals surface area contributed by atoms with Crippen molar-refractivity contribution in [2.45, 2.75) is 25.2 Å². The van der Waals surface area contributed by atoms with Crippen molar-refractivity contribution < 1.29 is 14.3 Å². The third-order valence-corrected chi connectivity index (χ3v) is 6.83. The van der Waals surface area contributed by atoms with Crippen molar-refractivity contribution in [2.24, 2.45) is 11.7 Å². The zero-order chi connectivity index (χ0) is 24.4. The van der Waals surface area contributed by atoms with Crippen LogP contribution >= 0.6 is 0 Å². The van der Waals surface area contributed by atoms with Crippen molar-refractivity contribution in [1.82, 2.24) is 14.7 Å². The Morgan fingerprint density at radius 1 is 1.09 bits per heavy atom. The number of piperidine rings is 1. The van der Waals surface area contributed by atoms with Crippen LogP contribution in [0.2, 0.25) is 0 Å². The fourth-order valence-corrected chi connectivity index (χ4v) is 5.18. The molecular formula is C27H29N5O3. The van der Waals surface area contributed by atoms with Crippen LogP contribution in [0.25, 0.3) is 5.69 Å². The summed E-state index contributed by atoms with van der Waals surface area (Å²) < 4.78 is 7.52. The fraction of sp³-hybridized carbons (Fsp3) is 0.296. The van der Waals surface area contributed by atoms with Crippen molar-refractivity contribution in [3.05, 3.63) is 78.6 Å². The number of nitrogens with zero attached hydrogens (tertiary/aromatic N) is 3. The first kappa shape index (κ1) is 22.7. The highest BCUT2D eigenvalue weighted by Crippen LogP contribution is 2.42. The van der Waals surface area contributed by atoms with E-state index in [4.69, 9.17) is 15.6 Å². The molecule has 1 fully saturated rings. The number of benzene rings is 2. The highest BCUT2D eigenvalue weighted by Gasteiger charge is 2.37. The second kappa shape index (κ2) is 9.66. The molecule has 5 rings (SSSR count). The van der Waals surface area contributed by atoms with Crippen LogP contribution in [0.4, 0.5) is 5.69 Å². The maximum atomic E-state index is 12.5. The van der Waals surface area contributed by atoms with E-state index in [1.807, 2.05) is 59.5 Å². The van der Waals surface area contributed by atoms with Gasteiger partial charge < -0.3 is 20.7 Å². The van der Waals surface area contributed by atoms with E-state index < -0.39 is 5.91 Å². The summed E-state index contributed by atoms with van der Waals surface area (Å²) in [5, 5.41) is 8.25. The van der Waals surface area contributed by atoms with E-state index in [-0.39, 0.29) is 17.7 Å². The van der Waals surface area contributed by atoms with Crippen molar-refractivity contribution in [2.75, 3.05) is 25.0 Å². The molecule has 35 heavy (non-hydrogen) atoms. The van der Waals surface area contributed by atoms with Crippen LogP contribution in [0.1, 0.15) is 41.4 Å². The molecule has 2 aliphatic rings. The number of nitrogens with two attached hydrogens (primary N) is 1. The smallest absolute Gasteiger partial charge is 0.269 e. The largest absolute Gasteiger partial charge is 0.457 e. The van der Waals surface area contributed by atoms with Gasteiger partial charge in [-0.25, -0.2) is 4.68 Å². The normalized spacial score (nSPS) is 19.4. The zero-order valence-electron chi connectivity index (χ0n) is 19.5. The van der Waals surface area contributed by atoms with E-state index in [1.165, 1.54) is 6.08 Å². The van der Waals surface area contributed by atoms with Crippen molar-refractivity contribution in [3.8, 4) is 17.2 Å². The molecule has 8 nitrogen and oxygen atoms in total. The number of anilines is 1. The van der Waals surface area contributed by atoms with Gasteiger partial charge in [0.25, 0.3) is 5.91 Å². The summed E-state index contributed by atoms with van der Waals surface area (Å²) in [5.41, 5.74) is 8.43. The quantitative estimate of drug-likeness (QED) is 0.527. The van der Waals surface area contributed by atoms with E-state index in [0.717, 1.165) is 49.5 Å². The Morgan fingerprint density at radius 3 is 2.54 bits per heavy atom. The van der Waals surface area contributed by atoms with Gasteiger partial charge in [-0.3, -0.25) is 9.59 Å². The first-order valence-electron chi connectivity index (χ1n) is 12.0. The second-order valence-electron chi connectivity index (χ2n) is 9.01. The molecule has 8 heteroatoms. The molecule has 0 unspecified atom stereocenters. The first-order chi connectivity index (χ1) is 17.0. The number of likely N-dealkylation sites (tertiary alicyclic amines) is 1. The lowest BCUT2D eigenvalue weighted by molar-refractivity contribution is -0.127. The Labute approximate surface area is 204 Å². The van der Waals surface area contributed by atoms with Crippen molar-refractivity contribution in [3.63, 3.8) is 0 Å². The Hall–Kier alpha value is -4.07. The summed E-state index contributed by atoms with van der Waals surface area (Å²) in [7, 11) is 0. The molecule has 2 aromatic carbocycles. The van der Waals surface area contributed by atoms with E-state index in [0.29, 0.717) is 23.7 Å². The molecule has 1 aromatic heterocycles. The van der Waals surface area contributed by atoms with Gasteiger partial charge in [0, 0.05) is 25.6 Å². The number of primary amides is 1. The van der Waals surface area contributed by atoms with Gasteiger partial charge in [-0.05, 0) is 67.7 Å². The minimum atomic E-state index is -0.538. The number of para-hydroxylation sites is 1. The third kappa shape index (κ3) is 4.51. The minimum Gasteiger partial charge on any atom is -0.457 e. The van der Waals surface area contributed by atoms with Gasteiger partial charge in [-0.15, -0.1) is 0 Å². The molecule has 180 valence electrons. The van der Waals surface area contributed by atoms with Gasteiger partial charge in [-0.1, -0.05) is 24.8 Å². The van der Waals surface area contributed by atoms with Crippen LogP contribution in [0.5, 0.6) is 11.5 Å². The molecule has 2 atom stereocenters. The molecular weight excluding hydrogens is 442 g/mol. The number of hydrogen-bond donors (Lipinski definition) is 2. The molecule has 3 N–H and O–H groups in total. The van der Waals surface area contributed by atoms with Gasteiger partial charge in [0.15, 0.2) is 5.69 Å². The van der Waals surface area contributed by atoms with Crippen LogP contribution in [0.3, 0.4) is 0 Å². The number of nitrogens with one attached hydrogen (secondary N) is 1. The predicted octanol–water partition coefficient (Wildman–Crippen LogP) is 4.09. The van der Waals surface area contributed by atoms with Gasteiger partial charge in [-0.2, -0.15) is 5.10 Å². The number of rotatable bonds is 6. The molecule has 2 aliphatic heterocycles. The maximum Gasteiger partial charge on any atom is 0.269 e. The average molecular weight is 472 g/mol. The average Bonchev–Trinajstić information content (AvgIpc) is 3.29. The lowest BCUT2D eigenvalue weighted by Crippen LogP contribution is -2.41. The third-order valence-electron chi connectivity index (χ3n) is 6.83. The summed E-state index contributed by atoms with van der Waals surface area (Å²) in [6.07, 6.45) is 4.21. The number of hydrogen-bond acceptors (Lipinski definition) is 5. The molecule has 2 amide bonds. The van der Waals surface area contributed by atoms with Crippen LogP contribution in [-0.4, -0.2) is 46.1 Å². The molecule has 0 saturated carbocycles. The van der Waals surface area contributed by atoms with Gasteiger partial charge in [0.05, 0.1) is 17.1 Å². The molecule has 0 aliphatic carbocycles. The lowest BCUT2D eigenvalue weighted by atomic mass is 9.79. The fourth-order valence-electron chi connectivity index (χ4n) is 5.18. The number of fused-ring (bicyclic) bond motifs is 1. The van der Waals surface area contributed by atoms with E-state index in [9.17, 15) is 9.59 Å². The van der Waals surface area contributed by atoms with Gasteiger partial charge in [0.2, 0.25) is 5.91 Å². The molecule has 0 spiro atoms. The molecule has 3 heterocycles. The van der Waals surface area contributed by atoms with Gasteiger partial charge >= 0.3 is 0 Å². The van der Waals surface area contributed by atoms with E-state index >= 15 is 0 Å². The summed E-state index contributed by atoms with van der Waals surface area (Å²) in [6, 6.07) is 17.0. The van der Waals surface area contributed by atoms with Gasteiger partial charge in [0.1, 0.15) is 11.5 Å². The topological polar surface area (TPSA) is 102 Å². The predicted molar refractivity (Wildman–Crippen MR) is 134 cm³/mol. The Morgan fingerprint density at radius 2 is 1.83 bits per heavy atom. The number of carbonyl (C=O) groups is 2. The second-order valence-corrected chi connectivity index (χ2v) is 9.01. The summed E-state index contributed by atoms with van der Waals surface area (Å²) in [5.74, 6) is 1.25. The lowest BCUT2D eigenvalue weighted by Gasteiger charge is -2.37. The van der Waals surface area contributed by atoms with Crippen LogP contribution in [-0.2, 0) is 4.79 Å². The standard InChI is InChI=1S/C27H29N5O3/c1-2-23(33)31-16-6-7-18(17-31)22-14-15-29-25-24(22)30-32(26(25)27(28)34)19-10-12-21(13-11-19)35-20-8-4-3-5-9-20/h2-5,8-13,18,22,29H,1,6-7,14-17H2,(H2,28,34)/t18-,22+/m1/s1. The summed E-state index contributed by atoms with van der Waals surface area (Å²) in [6.45, 7) is 5.76. The molecule has 1 saturated heterocycles. The molecule has 0 bridgehead atoms. The van der Waals surface area contributed by atoms with Crippen LogP contribution < -0.4 is 15.8 Å². The van der Waals surface area contributed by atoms with E-state index in [1.54, 1.807) is 4.68 Å². The highest BCUT2D eigenvalue weighted by atomic mass is 16.5. The molecule has 3 aromatic rings. The highest BCUT2D eigenvalue weighted by molar-refractivity contribution is 5.98. The number of ether oxygens (including phenoxy) is 1. The van der Waals surface area contributed by atoms with Crippen LogP contribution in [0.15, 0.2) is 67.3 Å². The zero-order valence-corrected chi connectivity index (χ0v) is 19.5. The van der Waals surface area contributed by atoms with Crippen molar-refractivity contribution >= 4 is 17.5 Å². The first-order valence-corrected chi connectivity index (χ1v) is 12.0.